The molecule has 0 saturated heterocycles. The Morgan fingerprint density at radius 1 is 1.38 bits per heavy atom. The highest BCUT2D eigenvalue weighted by atomic mass is 35.5. The lowest BCUT2D eigenvalue weighted by atomic mass is 9.94. The van der Waals surface area contributed by atoms with E-state index in [1.807, 2.05) is 62.8 Å². The summed E-state index contributed by atoms with van der Waals surface area (Å²) in [5, 5.41) is 3.70. The van der Waals surface area contributed by atoms with Crippen LogP contribution in [0.2, 0.25) is 5.02 Å². The number of aryl methyl sites for hydroxylation is 1. The number of nitrogens with one attached hydrogen (secondary N) is 1. The van der Waals surface area contributed by atoms with Crippen LogP contribution in [0.4, 0.5) is 0 Å². The minimum atomic E-state index is -0.470. The topological polar surface area (TPSA) is 46.9 Å². The van der Waals surface area contributed by atoms with Crippen molar-refractivity contribution in [3.63, 3.8) is 0 Å². The first-order chi connectivity index (χ1) is 9.79. The van der Waals surface area contributed by atoms with Gasteiger partial charge in [0.1, 0.15) is 11.9 Å². The molecule has 5 heteroatoms. The molecular weight excluding hydrogens is 286 g/mol. The van der Waals surface area contributed by atoms with Crippen molar-refractivity contribution >= 4 is 17.5 Å². The average molecular weight is 306 g/mol. The Balaban J connectivity index is 2.41. The van der Waals surface area contributed by atoms with E-state index in [1.54, 1.807) is 6.20 Å². The fourth-order valence-corrected chi connectivity index (χ4v) is 2.18. The maximum Gasteiger partial charge on any atom is 0.226 e. The maximum atomic E-state index is 12.4. The number of halogens is 1. The lowest BCUT2D eigenvalue weighted by molar-refractivity contribution is -0.129. The zero-order valence-corrected chi connectivity index (χ0v) is 13.5. The summed E-state index contributed by atoms with van der Waals surface area (Å²) >= 11 is 6.08. The van der Waals surface area contributed by atoms with Gasteiger partial charge in [0, 0.05) is 29.9 Å². The molecule has 0 aliphatic heterocycles. The summed E-state index contributed by atoms with van der Waals surface area (Å²) < 4.78 is 1.90. The van der Waals surface area contributed by atoms with E-state index in [0.717, 1.165) is 11.4 Å². The van der Waals surface area contributed by atoms with Gasteiger partial charge in [0.25, 0.3) is 0 Å². The van der Waals surface area contributed by atoms with Crippen molar-refractivity contribution < 1.29 is 4.79 Å². The van der Waals surface area contributed by atoms with Crippen molar-refractivity contribution in [2.45, 2.75) is 26.8 Å². The van der Waals surface area contributed by atoms with Gasteiger partial charge < -0.3 is 9.88 Å². The fraction of sp³-hybridized carbons (Fsp3) is 0.375. The monoisotopic (exact) mass is 305 g/mol. The standard InChI is InChI=1S/C16H20ClN3O/c1-16(2,3)15(21)19-13(14-18-8-9-20(14)4)11-6-5-7-12(17)10-11/h5-10,13H,1-4H3,(H,19,21). The highest BCUT2D eigenvalue weighted by molar-refractivity contribution is 6.30. The number of aromatic nitrogens is 2. The average Bonchev–Trinajstić information content (AvgIpc) is 2.80. The lowest BCUT2D eigenvalue weighted by Crippen LogP contribution is -2.38. The van der Waals surface area contributed by atoms with Gasteiger partial charge in [-0.05, 0) is 17.7 Å². The Bertz CT molecular complexity index is 643. The number of hydrogen-bond acceptors (Lipinski definition) is 2. The molecule has 0 fully saturated rings. The summed E-state index contributed by atoms with van der Waals surface area (Å²) in [7, 11) is 1.91. The van der Waals surface area contributed by atoms with Crippen LogP contribution in [0.25, 0.3) is 0 Å². The van der Waals surface area contributed by atoms with Crippen LogP contribution >= 0.6 is 11.6 Å². The zero-order chi connectivity index (χ0) is 15.6. The summed E-state index contributed by atoms with van der Waals surface area (Å²) in [6, 6.07) is 7.15. The summed E-state index contributed by atoms with van der Waals surface area (Å²) in [5.41, 5.74) is 0.441. The van der Waals surface area contributed by atoms with Crippen molar-refractivity contribution in [2.24, 2.45) is 12.5 Å². The Morgan fingerprint density at radius 3 is 2.62 bits per heavy atom. The highest BCUT2D eigenvalue weighted by Gasteiger charge is 2.27. The molecule has 112 valence electrons. The predicted molar refractivity (Wildman–Crippen MR) is 84.1 cm³/mol. The Labute approximate surface area is 130 Å². The molecule has 1 N–H and O–H groups in total. The minimum absolute atomic E-state index is 0.0320. The molecule has 0 bridgehead atoms. The number of imidazole rings is 1. The van der Waals surface area contributed by atoms with E-state index in [1.165, 1.54) is 0 Å². The van der Waals surface area contributed by atoms with E-state index >= 15 is 0 Å². The molecule has 1 aromatic carbocycles. The molecule has 0 saturated carbocycles. The molecule has 0 spiro atoms. The molecule has 1 atom stereocenters. The molecule has 21 heavy (non-hydrogen) atoms. The largest absolute Gasteiger partial charge is 0.342 e. The van der Waals surface area contributed by atoms with Gasteiger partial charge in [-0.1, -0.05) is 44.5 Å². The second-order valence-electron chi connectivity index (χ2n) is 6.11. The highest BCUT2D eigenvalue weighted by Crippen LogP contribution is 2.25. The smallest absolute Gasteiger partial charge is 0.226 e. The van der Waals surface area contributed by atoms with Gasteiger partial charge in [-0.15, -0.1) is 0 Å². The number of carbonyl (C=O) groups is 1. The molecule has 1 heterocycles. The third kappa shape index (κ3) is 3.64. The number of hydrogen-bond donors (Lipinski definition) is 1. The Hall–Kier alpha value is -1.81. The van der Waals surface area contributed by atoms with Crippen LogP contribution < -0.4 is 5.32 Å². The van der Waals surface area contributed by atoms with E-state index in [-0.39, 0.29) is 11.9 Å². The summed E-state index contributed by atoms with van der Waals surface area (Å²) in [5.74, 6) is 0.741. The quantitative estimate of drug-likeness (QED) is 0.945. The molecule has 1 unspecified atom stereocenters. The van der Waals surface area contributed by atoms with Gasteiger partial charge in [0.2, 0.25) is 5.91 Å². The van der Waals surface area contributed by atoms with Gasteiger partial charge in [0.15, 0.2) is 0 Å². The van der Waals surface area contributed by atoms with Crippen LogP contribution in [0.1, 0.15) is 38.2 Å². The summed E-state index contributed by atoms with van der Waals surface area (Å²) in [4.78, 5) is 16.7. The van der Waals surface area contributed by atoms with E-state index in [0.29, 0.717) is 5.02 Å². The molecule has 2 aromatic rings. The normalized spacial score (nSPS) is 13.0. The van der Waals surface area contributed by atoms with Gasteiger partial charge >= 0.3 is 0 Å². The first-order valence-corrected chi connectivity index (χ1v) is 7.20. The van der Waals surface area contributed by atoms with Crippen LogP contribution in [0.15, 0.2) is 36.7 Å². The van der Waals surface area contributed by atoms with Crippen LogP contribution in [0.5, 0.6) is 0 Å². The lowest BCUT2D eigenvalue weighted by Gasteiger charge is -2.24. The van der Waals surface area contributed by atoms with Crippen LogP contribution in [0, 0.1) is 5.41 Å². The van der Waals surface area contributed by atoms with Crippen LogP contribution in [-0.4, -0.2) is 15.5 Å². The van der Waals surface area contributed by atoms with E-state index in [9.17, 15) is 4.79 Å². The molecule has 0 aliphatic rings. The van der Waals surface area contributed by atoms with Crippen molar-refractivity contribution in [1.29, 1.82) is 0 Å². The number of nitrogens with zero attached hydrogens (tertiary/aromatic N) is 2. The Kier molecular flexibility index (Phi) is 4.37. The third-order valence-corrected chi connectivity index (χ3v) is 3.49. The molecule has 0 radical (unpaired) electrons. The Morgan fingerprint density at radius 2 is 2.10 bits per heavy atom. The molecule has 2 rings (SSSR count). The van der Waals surface area contributed by atoms with E-state index in [2.05, 4.69) is 10.3 Å². The summed E-state index contributed by atoms with van der Waals surface area (Å²) in [6.45, 7) is 5.65. The fourth-order valence-electron chi connectivity index (χ4n) is 1.99. The number of carbonyl (C=O) groups excluding carboxylic acids is 1. The summed E-state index contributed by atoms with van der Waals surface area (Å²) in [6.07, 6.45) is 3.58. The molecule has 4 nitrogen and oxygen atoms in total. The number of benzene rings is 1. The van der Waals surface area contributed by atoms with Crippen LogP contribution in [0.3, 0.4) is 0 Å². The minimum Gasteiger partial charge on any atom is -0.342 e. The van der Waals surface area contributed by atoms with Crippen molar-refractivity contribution in [3.05, 3.63) is 53.1 Å². The van der Waals surface area contributed by atoms with Gasteiger partial charge in [-0.3, -0.25) is 4.79 Å². The predicted octanol–water partition coefficient (Wildman–Crippen LogP) is 3.33. The van der Waals surface area contributed by atoms with Gasteiger partial charge in [-0.2, -0.15) is 0 Å². The second-order valence-corrected chi connectivity index (χ2v) is 6.54. The first-order valence-electron chi connectivity index (χ1n) is 6.82. The molecular formula is C16H20ClN3O. The van der Waals surface area contributed by atoms with Crippen molar-refractivity contribution in [3.8, 4) is 0 Å². The first kappa shape index (κ1) is 15.6. The van der Waals surface area contributed by atoms with Gasteiger partial charge in [0.05, 0.1) is 0 Å². The van der Waals surface area contributed by atoms with Crippen LogP contribution in [-0.2, 0) is 11.8 Å². The molecule has 0 aliphatic carbocycles. The second kappa shape index (κ2) is 5.90. The maximum absolute atomic E-state index is 12.4. The molecule has 1 amide bonds. The third-order valence-electron chi connectivity index (χ3n) is 3.26. The van der Waals surface area contributed by atoms with E-state index in [4.69, 9.17) is 11.6 Å². The SMILES string of the molecule is Cn1ccnc1C(NC(=O)C(C)(C)C)c1cccc(Cl)c1. The van der Waals surface area contributed by atoms with Crippen molar-refractivity contribution in [2.75, 3.05) is 0 Å². The van der Waals surface area contributed by atoms with Crippen molar-refractivity contribution in [1.82, 2.24) is 14.9 Å². The number of rotatable bonds is 3. The van der Waals surface area contributed by atoms with Gasteiger partial charge in [-0.25, -0.2) is 4.98 Å². The molecule has 1 aromatic heterocycles. The zero-order valence-electron chi connectivity index (χ0n) is 12.7. The number of amides is 1. The van der Waals surface area contributed by atoms with E-state index < -0.39 is 5.41 Å².